The van der Waals surface area contributed by atoms with E-state index in [4.69, 9.17) is 9.26 Å². The van der Waals surface area contributed by atoms with E-state index in [9.17, 15) is 9.90 Å². The number of aromatic nitrogens is 3. The van der Waals surface area contributed by atoms with Crippen LogP contribution >= 0.6 is 0 Å². The smallest absolute Gasteiger partial charge is 0.409 e. The van der Waals surface area contributed by atoms with Crippen molar-refractivity contribution < 1.29 is 19.2 Å². The lowest BCUT2D eigenvalue weighted by atomic mass is 9.99. The molecule has 1 atom stereocenters. The second-order valence-corrected chi connectivity index (χ2v) is 8.12. The number of anilines is 1. The Morgan fingerprint density at radius 1 is 1.32 bits per heavy atom. The molecule has 0 aromatic carbocycles. The van der Waals surface area contributed by atoms with Crippen LogP contribution in [0.5, 0.6) is 0 Å². The van der Waals surface area contributed by atoms with Gasteiger partial charge in [-0.05, 0) is 24.5 Å². The summed E-state index contributed by atoms with van der Waals surface area (Å²) in [4.78, 5) is 24.7. The monoisotopic (exact) mass is 389 g/mol. The summed E-state index contributed by atoms with van der Waals surface area (Å²) >= 11 is 0. The average Bonchev–Trinajstić information content (AvgIpc) is 3.16. The number of amides is 1. The van der Waals surface area contributed by atoms with Gasteiger partial charge in [-0.25, -0.2) is 9.78 Å². The SMILES string of the molecule is C[C@H](O)c1nc(-c2ccnc(N3CCN(C(=O)OCC(C)(C)C)CC3)c2)no1. The minimum atomic E-state index is -0.811. The molecule has 2 aromatic rings. The lowest BCUT2D eigenvalue weighted by Gasteiger charge is -2.35. The number of carbonyl (C=O) groups is 1. The van der Waals surface area contributed by atoms with Crippen LogP contribution in [-0.2, 0) is 4.74 Å². The molecule has 1 aliphatic heterocycles. The van der Waals surface area contributed by atoms with Crippen molar-refractivity contribution in [2.75, 3.05) is 37.7 Å². The van der Waals surface area contributed by atoms with Crippen molar-refractivity contribution in [2.24, 2.45) is 5.41 Å². The van der Waals surface area contributed by atoms with Gasteiger partial charge in [-0.15, -0.1) is 0 Å². The van der Waals surface area contributed by atoms with Gasteiger partial charge in [0.05, 0.1) is 6.61 Å². The first-order valence-electron chi connectivity index (χ1n) is 9.38. The van der Waals surface area contributed by atoms with Gasteiger partial charge < -0.3 is 24.2 Å². The number of rotatable bonds is 4. The molecule has 9 heteroatoms. The van der Waals surface area contributed by atoms with Crippen LogP contribution in [0.25, 0.3) is 11.4 Å². The molecular weight excluding hydrogens is 362 g/mol. The maximum atomic E-state index is 12.2. The minimum absolute atomic E-state index is 0.0509. The molecule has 152 valence electrons. The Labute approximate surface area is 164 Å². The third-order valence-electron chi connectivity index (χ3n) is 4.29. The van der Waals surface area contributed by atoms with Gasteiger partial charge in [0.2, 0.25) is 5.82 Å². The summed E-state index contributed by atoms with van der Waals surface area (Å²) < 4.78 is 10.4. The van der Waals surface area contributed by atoms with Crippen LogP contribution in [-0.4, -0.2) is 64.0 Å². The molecule has 0 spiro atoms. The average molecular weight is 389 g/mol. The first-order chi connectivity index (χ1) is 13.2. The number of carbonyl (C=O) groups excluding carboxylic acids is 1. The van der Waals surface area contributed by atoms with Gasteiger partial charge in [0, 0.05) is 37.9 Å². The molecule has 1 amide bonds. The van der Waals surface area contributed by atoms with E-state index in [2.05, 4.69) is 20.0 Å². The predicted octanol–water partition coefficient (Wildman–Crippen LogP) is 2.49. The highest BCUT2D eigenvalue weighted by Gasteiger charge is 2.25. The molecule has 1 aliphatic rings. The molecule has 2 aromatic heterocycles. The zero-order valence-corrected chi connectivity index (χ0v) is 16.8. The van der Waals surface area contributed by atoms with Gasteiger partial charge >= 0.3 is 6.09 Å². The summed E-state index contributed by atoms with van der Waals surface area (Å²) in [5.41, 5.74) is 0.706. The third-order valence-corrected chi connectivity index (χ3v) is 4.29. The van der Waals surface area contributed by atoms with Gasteiger partial charge in [-0.1, -0.05) is 25.9 Å². The molecule has 1 N–H and O–H groups in total. The maximum Gasteiger partial charge on any atom is 0.409 e. The molecule has 0 saturated carbocycles. The number of pyridine rings is 1. The molecule has 0 unspecified atom stereocenters. The van der Waals surface area contributed by atoms with Gasteiger partial charge in [0.25, 0.3) is 5.89 Å². The van der Waals surface area contributed by atoms with Gasteiger partial charge in [0.1, 0.15) is 11.9 Å². The summed E-state index contributed by atoms with van der Waals surface area (Å²) in [6, 6.07) is 3.67. The largest absolute Gasteiger partial charge is 0.449 e. The predicted molar refractivity (Wildman–Crippen MR) is 103 cm³/mol. The van der Waals surface area contributed by atoms with Crippen LogP contribution in [0.1, 0.15) is 39.7 Å². The fourth-order valence-corrected chi connectivity index (χ4v) is 2.74. The van der Waals surface area contributed by atoms with Gasteiger partial charge in [0.15, 0.2) is 0 Å². The second kappa shape index (κ2) is 8.14. The Balaban J connectivity index is 1.61. The number of aliphatic hydroxyl groups is 1. The molecular formula is C19H27N5O4. The fraction of sp³-hybridized carbons (Fsp3) is 0.579. The van der Waals surface area contributed by atoms with E-state index in [0.29, 0.717) is 38.6 Å². The normalized spacial score (nSPS) is 16.2. The number of nitrogens with zero attached hydrogens (tertiary/aromatic N) is 5. The number of ether oxygens (including phenoxy) is 1. The van der Waals surface area contributed by atoms with E-state index in [-0.39, 0.29) is 17.4 Å². The molecule has 3 heterocycles. The molecule has 0 bridgehead atoms. The first kappa shape index (κ1) is 20.1. The minimum Gasteiger partial charge on any atom is -0.449 e. The number of hydrogen-bond acceptors (Lipinski definition) is 8. The standard InChI is InChI=1S/C19H27N5O4/c1-13(25)17-21-16(22-28-17)14-5-6-20-15(11-14)23-7-9-24(10-8-23)18(26)27-12-19(2,3)4/h5-6,11,13,25H,7-10,12H2,1-4H3/t13-/m0/s1. The van der Waals surface area contributed by atoms with Crippen molar-refractivity contribution >= 4 is 11.9 Å². The van der Waals surface area contributed by atoms with E-state index >= 15 is 0 Å². The summed E-state index contributed by atoms with van der Waals surface area (Å²) in [5, 5.41) is 13.4. The Kier molecular flexibility index (Phi) is 5.83. The van der Waals surface area contributed by atoms with Crippen LogP contribution in [0.3, 0.4) is 0 Å². The zero-order valence-electron chi connectivity index (χ0n) is 16.8. The molecule has 3 rings (SSSR count). The van der Waals surface area contributed by atoms with Crippen molar-refractivity contribution in [3.05, 3.63) is 24.2 Å². The quantitative estimate of drug-likeness (QED) is 0.850. The summed E-state index contributed by atoms with van der Waals surface area (Å²) in [6.07, 6.45) is 0.606. The van der Waals surface area contributed by atoms with Crippen LogP contribution in [0, 0.1) is 5.41 Å². The summed E-state index contributed by atoms with van der Waals surface area (Å²) in [6.45, 7) is 10.5. The number of piperazine rings is 1. The van der Waals surface area contributed by atoms with Crippen LogP contribution in [0.15, 0.2) is 22.9 Å². The Bertz CT molecular complexity index is 807. The molecule has 1 fully saturated rings. The van der Waals surface area contributed by atoms with E-state index in [1.165, 1.54) is 0 Å². The number of aliphatic hydroxyl groups excluding tert-OH is 1. The lowest BCUT2D eigenvalue weighted by molar-refractivity contribution is 0.0707. The van der Waals surface area contributed by atoms with Gasteiger partial charge in [-0.3, -0.25) is 0 Å². The molecule has 9 nitrogen and oxygen atoms in total. The van der Waals surface area contributed by atoms with Crippen LogP contribution in [0.2, 0.25) is 0 Å². The number of hydrogen-bond donors (Lipinski definition) is 1. The highest BCUT2D eigenvalue weighted by atomic mass is 16.6. The highest BCUT2D eigenvalue weighted by molar-refractivity contribution is 5.68. The van der Waals surface area contributed by atoms with Crippen LogP contribution < -0.4 is 4.90 Å². The van der Waals surface area contributed by atoms with Gasteiger partial charge in [-0.2, -0.15) is 4.98 Å². The maximum absolute atomic E-state index is 12.2. The first-order valence-corrected chi connectivity index (χ1v) is 9.38. The Morgan fingerprint density at radius 2 is 2.04 bits per heavy atom. The van der Waals surface area contributed by atoms with E-state index in [1.807, 2.05) is 26.8 Å². The zero-order chi connectivity index (χ0) is 20.3. The van der Waals surface area contributed by atoms with E-state index in [1.54, 1.807) is 24.1 Å². The molecule has 0 radical (unpaired) electrons. The van der Waals surface area contributed by atoms with Crippen LogP contribution in [0.4, 0.5) is 10.6 Å². The molecule has 0 aliphatic carbocycles. The van der Waals surface area contributed by atoms with Crippen molar-refractivity contribution in [3.63, 3.8) is 0 Å². The van der Waals surface area contributed by atoms with Crippen molar-refractivity contribution in [1.29, 1.82) is 0 Å². The van der Waals surface area contributed by atoms with Crippen molar-refractivity contribution in [2.45, 2.75) is 33.8 Å². The topological polar surface area (TPSA) is 105 Å². The lowest BCUT2D eigenvalue weighted by Crippen LogP contribution is -2.49. The van der Waals surface area contributed by atoms with E-state index < -0.39 is 6.10 Å². The molecule has 28 heavy (non-hydrogen) atoms. The van der Waals surface area contributed by atoms with E-state index in [0.717, 1.165) is 11.4 Å². The van der Waals surface area contributed by atoms with Crippen molar-refractivity contribution in [3.8, 4) is 11.4 Å². The molecule has 1 saturated heterocycles. The highest BCUT2D eigenvalue weighted by Crippen LogP contribution is 2.23. The fourth-order valence-electron chi connectivity index (χ4n) is 2.74. The Morgan fingerprint density at radius 3 is 2.64 bits per heavy atom. The summed E-state index contributed by atoms with van der Waals surface area (Å²) in [5.74, 6) is 1.36. The second-order valence-electron chi connectivity index (χ2n) is 8.12. The third kappa shape index (κ3) is 4.98. The van der Waals surface area contributed by atoms with Crippen molar-refractivity contribution in [1.82, 2.24) is 20.0 Å². The summed E-state index contributed by atoms with van der Waals surface area (Å²) in [7, 11) is 0. The Hall–Kier alpha value is -2.68.